The molecular formula is C24H39N3O4. The number of ether oxygens (including phenoxy) is 2. The van der Waals surface area contributed by atoms with Gasteiger partial charge >= 0.3 is 12.2 Å². The van der Waals surface area contributed by atoms with Crippen molar-refractivity contribution in [3.8, 4) is 0 Å². The van der Waals surface area contributed by atoms with Gasteiger partial charge in [-0.1, -0.05) is 30.3 Å². The lowest BCUT2D eigenvalue weighted by atomic mass is 10.2. The molecule has 7 heteroatoms. The van der Waals surface area contributed by atoms with E-state index in [0.717, 1.165) is 24.8 Å². The fourth-order valence-electron chi connectivity index (χ4n) is 2.62. The number of alkyl carbamates (subject to hydrolysis) is 1. The highest BCUT2D eigenvalue weighted by Gasteiger charge is 2.21. The zero-order valence-corrected chi connectivity index (χ0v) is 19.9. The van der Waals surface area contributed by atoms with Crippen molar-refractivity contribution in [2.24, 2.45) is 4.99 Å². The standard InChI is InChI=1S/C24H39N3O4/c1-23(2,3)30-21(28)26-16-10-11-17-27(22(29)31-24(4,5)6)18-12-15-25-19-20-13-8-7-9-14-20/h7-9,13-14,19H,10-12,15-18H2,1-6H3,(H,26,28). The van der Waals surface area contributed by atoms with E-state index in [4.69, 9.17) is 9.47 Å². The maximum absolute atomic E-state index is 12.5. The lowest BCUT2D eigenvalue weighted by molar-refractivity contribution is 0.0244. The minimum Gasteiger partial charge on any atom is -0.444 e. The second-order valence-electron chi connectivity index (χ2n) is 9.40. The second kappa shape index (κ2) is 13.0. The van der Waals surface area contributed by atoms with Crippen molar-refractivity contribution in [3.63, 3.8) is 0 Å². The van der Waals surface area contributed by atoms with Crippen LogP contribution in [-0.4, -0.2) is 60.7 Å². The Hall–Kier alpha value is -2.57. The maximum Gasteiger partial charge on any atom is 0.410 e. The van der Waals surface area contributed by atoms with Crippen molar-refractivity contribution in [2.45, 2.75) is 72.0 Å². The van der Waals surface area contributed by atoms with E-state index in [0.29, 0.717) is 26.2 Å². The van der Waals surface area contributed by atoms with Crippen LogP contribution in [0.2, 0.25) is 0 Å². The first kappa shape index (κ1) is 26.5. The molecule has 0 heterocycles. The SMILES string of the molecule is CC(C)(C)OC(=O)NCCCCN(CCCN=Cc1ccccc1)C(=O)OC(C)(C)C. The van der Waals surface area contributed by atoms with Gasteiger partial charge in [0.05, 0.1) is 0 Å². The van der Waals surface area contributed by atoms with Crippen molar-refractivity contribution >= 4 is 18.4 Å². The minimum atomic E-state index is -0.543. The van der Waals surface area contributed by atoms with Gasteiger partial charge in [-0.25, -0.2) is 9.59 Å². The Morgan fingerprint density at radius 1 is 0.935 bits per heavy atom. The topological polar surface area (TPSA) is 80.2 Å². The molecule has 0 aliphatic heterocycles. The molecule has 0 saturated carbocycles. The quantitative estimate of drug-likeness (QED) is 0.414. The molecule has 31 heavy (non-hydrogen) atoms. The minimum absolute atomic E-state index is 0.320. The zero-order chi connectivity index (χ0) is 23.3. The van der Waals surface area contributed by atoms with Gasteiger partial charge in [-0.2, -0.15) is 0 Å². The normalized spacial score (nSPS) is 11.9. The average molecular weight is 434 g/mol. The molecule has 174 valence electrons. The number of hydrogen-bond acceptors (Lipinski definition) is 5. The molecule has 0 radical (unpaired) electrons. The van der Waals surface area contributed by atoms with Gasteiger partial charge in [-0.05, 0) is 66.4 Å². The summed E-state index contributed by atoms with van der Waals surface area (Å²) >= 11 is 0. The Bertz CT molecular complexity index is 691. The molecule has 1 N–H and O–H groups in total. The third-order valence-electron chi connectivity index (χ3n) is 3.93. The number of carbonyl (C=O) groups is 2. The monoisotopic (exact) mass is 433 g/mol. The summed E-state index contributed by atoms with van der Waals surface area (Å²) in [6.07, 6.45) is 3.35. The van der Waals surface area contributed by atoms with E-state index < -0.39 is 17.3 Å². The van der Waals surface area contributed by atoms with Crippen LogP contribution in [0.25, 0.3) is 0 Å². The summed E-state index contributed by atoms with van der Waals surface area (Å²) in [6.45, 7) is 13.3. The molecule has 0 saturated heterocycles. The highest BCUT2D eigenvalue weighted by Crippen LogP contribution is 2.11. The van der Waals surface area contributed by atoms with Crippen molar-refractivity contribution in [3.05, 3.63) is 35.9 Å². The lowest BCUT2D eigenvalue weighted by Gasteiger charge is -2.27. The van der Waals surface area contributed by atoms with Gasteiger partial charge in [-0.3, -0.25) is 4.99 Å². The van der Waals surface area contributed by atoms with Gasteiger partial charge < -0.3 is 19.7 Å². The maximum atomic E-state index is 12.5. The molecule has 0 fully saturated rings. The highest BCUT2D eigenvalue weighted by atomic mass is 16.6. The van der Waals surface area contributed by atoms with Crippen LogP contribution in [0.3, 0.4) is 0 Å². The fraction of sp³-hybridized carbons (Fsp3) is 0.625. The molecule has 0 aliphatic rings. The van der Waals surface area contributed by atoms with Crippen LogP contribution in [0.1, 0.15) is 66.4 Å². The predicted octanol–water partition coefficient (Wildman–Crippen LogP) is 5.04. The van der Waals surface area contributed by atoms with Crippen LogP contribution in [0.4, 0.5) is 9.59 Å². The van der Waals surface area contributed by atoms with E-state index in [2.05, 4.69) is 10.3 Å². The van der Waals surface area contributed by atoms with E-state index >= 15 is 0 Å². The van der Waals surface area contributed by atoms with Crippen molar-refractivity contribution < 1.29 is 19.1 Å². The van der Waals surface area contributed by atoms with Crippen LogP contribution >= 0.6 is 0 Å². The van der Waals surface area contributed by atoms with Crippen LogP contribution in [0.15, 0.2) is 35.3 Å². The van der Waals surface area contributed by atoms with Crippen molar-refractivity contribution in [2.75, 3.05) is 26.2 Å². The number of rotatable bonds is 10. The smallest absolute Gasteiger partial charge is 0.410 e. The summed E-state index contributed by atoms with van der Waals surface area (Å²) in [4.78, 5) is 30.4. The van der Waals surface area contributed by atoms with Crippen LogP contribution in [-0.2, 0) is 9.47 Å². The highest BCUT2D eigenvalue weighted by molar-refractivity contribution is 5.79. The molecule has 0 aliphatic carbocycles. The van der Waals surface area contributed by atoms with E-state index in [1.807, 2.05) is 78.1 Å². The first-order valence-electron chi connectivity index (χ1n) is 11.0. The molecular weight excluding hydrogens is 394 g/mol. The molecule has 2 amide bonds. The van der Waals surface area contributed by atoms with E-state index in [1.54, 1.807) is 4.90 Å². The van der Waals surface area contributed by atoms with Gasteiger partial charge in [0, 0.05) is 32.4 Å². The third-order valence-corrected chi connectivity index (χ3v) is 3.93. The molecule has 0 unspecified atom stereocenters. The predicted molar refractivity (Wildman–Crippen MR) is 125 cm³/mol. The Morgan fingerprint density at radius 2 is 1.55 bits per heavy atom. The van der Waals surface area contributed by atoms with E-state index in [1.165, 1.54) is 0 Å². The summed E-state index contributed by atoms with van der Waals surface area (Å²) in [5, 5.41) is 2.74. The lowest BCUT2D eigenvalue weighted by Crippen LogP contribution is -2.38. The molecule has 7 nitrogen and oxygen atoms in total. The zero-order valence-electron chi connectivity index (χ0n) is 19.9. The fourth-order valence-corrected chi connectivity index (χ4v) is 2.62. The van der Waals surface area contributed by atoms with Gasteiger partial charge in [0.15, 0.2) is 0 Å². The number of carbonyl (C=O) groups excluding carboxylic acids is 2. The number of amides is 2. The van der Waals surface area contributed by atoms with Gasteiger partial charge in [0.25, 0.3) is 0 Å². The average Bonchev–Trinajstić information content (AvgIpc) is 2.63. The summed E-state index contributed by atoms with van der Waals surface area (Å²) in [7, 11) is 0. The van der Waals surface area contributed by atoms with Crippen LogP contribution in [0.5, 0.6) is 0 Å². The van der Waals surface area contributed by atoms with Gasteiger partial charge in [-0.15, -0.1) is 0 Å². The first-order chi connectivity index (χ1) is 14.5. The van der Waals surface area contributed by atoms with Gasteiger partial charge in [0.1, 0.15) is 11.2 Å². The second-order valence-corrected chi connectivity index (χ2v) is 9.40. The number of benzene rings is 1. The summed E-state index contributed by atoms with van der Waals surface area (Å²) < 4.78 is 10.8. The molecule has 1 aromatic carbocycles. The molecule has 1 aromatic rings. The molecule has 0 atom stereocenters. The number of nitrogens with one attached hydrogen (secondary N) is 1. The van der Waals surface area contributed by atoms with E-state index in [9.17, 15) is 9.59 Å². The van der Waals surface area contributed by atoms with Crippen molar-refractivity contribution in [1.82, 2.24) is 10.2 Å². The van der Waals surface area contributed by atoms with Gasteiger partial charge in [0.2, 0.25) is 0 Å². The Labute approximate surface area is 187 Å². The molecule has 0 spiro atoms. The number of nitrogens with zero attached hydrogens (tertiary/aromatic N) is 2. The summed E-state index contributed by atoms with van der Waals surface area (Å²) in [5.41, 5.74) is 0.00335. The largest absolute Gasteiger partial charge is 0.444 e. The van der Waals surface area contributed by atoms with E-state index in [-0.39, 0.29) is 6.09 Å². The van der Waals surface area contributed by atoms with Crippen LogP contribution < -0.4 is 5.32 Å². The number of unbranched alkanes of at least 4 members (excludes halogenated alkanes) is 1. The third kappa shape index (κ3) is 14.1. The molecule has 0 aromatic heterocycles. The van der Waals surface area contributed by atoms with Crippen molar-refractivity contribution in [1.29, 1.82) is 0 Å². The summed E-state index contributed by atoms with van der Waals surface area (Å²) in [5.74, 6) is 0. The Balaban J connectivity index is 2.42. The molecule has 1 rings (SSSR count). The first-order valence-corrected chi connectivity index (χ1v) is 11.0. The van der Waals surface area contributed by atoms with Crippen LogP contribution in [0, 0.1) is 0 Å². The number of hydrogen-bond donors (Lipinski definition) is 1. The summed E-state index contributed by atoms with van der Waals surface area (Å²) in [6, 6.07) is 9.93. The molecule has 0 bridgehead atoms. The Morgan fingerprint density at radius 3 is 2.16 bits per heavy atom. The Kier molecular flexibility index (Phi) is 11.1. The number of aliphatic imine (C=N–C) groups is 1.